The zero-order valence-electron chi connectivity index (χ0n) is 18.5. The molecule has 4 heterocycles. The van der Waals surface area contributed by atoms with Crippen molar-refractivity contribution in [2.75, 3.05) is 18.1 Å². The van der Waals surface area contributed by atoms with E-state index in [-0.39, 0.29) is 36.3 Å². The van der Waals surface area contributed by atoms with Crippen molar-refractivity contribution in [3.05, 3.63) is 71.8 Å². The molecule has 6 heteroatoms. The van der Waals surface area contributed by atoms with E-state index < -0.39 is 17.9 Å². The van der Waals surface area contributed by atoms with Gasteiger partial charge in [0.25, 0.3) is 0 Å². The van der Waals surface area contributed by atoms with E-state index in [4.69, 9.17) is 4.74 Å². The van der Waals surface area contributed by atoms with Crippen molar-refractivity contribution in [3.8, 4) is 0 Å². The lowest BCUT2D eigenvalue weighted by molar-refractivity contribution is -0.142. The van der Waals surface area contributed by atoms with Crippen LogP contribution in [0.2, 0.25) is 0 Å². The fraction of sp³-hybridized carbons (Fsp3) is 0.370. The molecule has 4 aliphatic rings. The maximum atomic E-state index is 13.9. The number of hydrogen-bond donors (Lipinski definition) is 0. The third kappa shape index (κ3) is 3.00. The Labute approximate surface area is 192 Å². The Morgan fingerprint density at radius 2 is 1.73 bits per heavy atom. The molecule has 2 aromatic rings. The first-order chi connectivity index (χ1) is 16.1. The molecular formula is C27H26N2O4. The summed E-state index contributed by atoms with van der Waals surface area (Å²) in [6, 6.07) is 16.0. The van der Waals surface area contributed by atoms with E-state index in [2.05, 4.69) is 6.08 Å². The number of ketones is 1. The number of hydrogen-bond acceptors (Lipinski definition) is 5. The smallest absolute Gasteiger partial charge is 0.235 e. The number of rotatable bonds is 4. The highest BCUT2D eigenvalue weighted by Crippen LogP contribution is 2.50. The van der Waals surface area contributed by atoms with Gasteiger partial charge in [-0.25, -0.2) is 0 Å². The second kappa shape index (κ2) is 7.66. The number of benzene rings is 2. The maximum Gasteiger partial charge on any atom is 0.235 e. The van der Waals surface area contributed by atoms with Gasteiger partial charge in [-0.15, -0.1) is 0 Å². The summed E-state index contributed by atoms with van der Waals surface area (Å²) in [4.78, 5) is 44.6. The SMILES string of the molecule is CC1=C[C@H]2[C@@H]3C(=O)N(C[C@H]4CCCO4)C(=O)[C@H]3[C@@H](C(=O)c3ccccc3)N2c2ccccc21. The molecule has 6 rings (SSSR count). The van der Waals surface area contributed by atoms with Crippen molar-refractivity contribution >= 4 is 28.9 Å². The van der Waals surface area contributed by atoms with Crippen LogP contribution in [0.15, 0.2) is 60.7 Å². The molecule has 0 unspecified atom stereocenters. The Bertz CT molecular complexity index is 1170. The minimum Gasteiger partial charge on any atom is -0.376 e. The lowest BCUT2D eigenvalue weighted by Gasteiger charge is -2.38. The van der Waals surface area contributed by atoms with Gasteiger partial charge >= 0.3 is 0 Å². The highest BCUT2D eigenvalue weighted by atomic mass is 16.5. The minimum absolute atomic E-state index is 0.111. The fourth-order valence-electron chi connectivity index (χ4n) is 6.10. The van der Waals surface area contributed by atoms with E-state index in [0.29, 0.717) is 12.2 Å². The number of likely N-dealkylation sites (tertiary alicyclic amines) is 1. The Morgan fingerprint density at radius 1 is 1.00 bits per heavy atom. The first-order valence-corrected chi connectivity index (χ1v) is 11.7. The topological polar surface area (TPSA) is 66.9 Å². The van der Waals surface area contributed by atoms with Crippen molar-refractivity contribution in [1.82, 2.24) is 4.90 Å². The van der Waals surface area contributed by atoms with Gasteiger partial charge in [0.1, 0.15) is 6.04 Å². The van der Waals surface area contributed by atoms with E-state index in [1.807, 2.05) is 54.3 Å². The van der Waals surface area contributed by atoms with Gasteiger partial charge in [-0.05, 0) is 31.4 Å². The number of allylic oxidation sites excluding steroid dienone is 1. The van der Waals surface area contributed by atoms with Gasteiger partial charge in [-0.2, -0.15) is 0 Å². The van der Waals surface area contributed by atoms with E-state index in [1.165, 1.54) is 4.90 Å². The van der Waals surface area contributed by atoms with Crippen LogP contribution in [0.25, 0.3) is 5.57 Å². The van der Waals surface area contributed by atoms with Gasteiger partial charge in [0, 0.05) is 23.4 Å². The van der Waals surface area contributed by atoms with Crippen LogP contribution in [0.5, 0.6) is 0 Å². The number of nitrogens with zero attached hydrogens (tertiary/aromatic N) is 2. The van der Waals surface area contributed by atoms with E-state index in [0.717, 1.165) is 29.7 Å². The lowest BCUT2D eigenvalue weighted by Crippen LogP contribution is -2.49. The van der Waals surface area contributed by atoms with Crippen molar-refractivity contribution in [2.24, 2.45) is 11.8 Å². The molecule has 168 valence electrons. The predicted octanol–water partition coefficient (Wildman–Crippen LogP) is 3.32. The maximum absolute atomic E-state index is 13.9. The molecule has 3 fully saturated rings. The number of ether oxygens (including phenoxy) is 1. The molecule has 6 nitrogen and oxygen atoms in total. The Balaban J connectivity index is 1.46. The first kappa shape index (κ1) is 20.4. The van der Waals surface area contributed by atoms with E-state index in [9.17, 15) is 14.4 Å². The summed E-state index contributed by atoms with van der Waals surface area (Å²) in [5.41, 5.74) is 3.58. The second-order valence-electron chi connectivity index (χ2n) is 9.41. The van der Waals surface area contributed by atoms with Crippen molar-refractivity contribution in [1.29, 1.82) is 0 Å². The Kier molecular flexibility index (Phi) is 4.73. The summed E-state index contributed by atoms with van der Waals surface area (Å²) in [6.45, 7) is 2.98. The predicted molar refractivity (Wildman–Crippen MR) is 124 cm³/mol. The molecule has 0 N–H and O–H groups in total. The van der Waals surface area contributed by atoms with Crippen LogP contribution in [0, 0.1) is 11.8 Å². The van der Waals surface area contributed by atoms with Gasteiger partial charge in [0.15, 0.2) is 5.78 Å². The number of anilines is 1. The second-order valence-corrected chi connectivity index (χ2v) is 9.41. The van der Waals surface area contributed by atoms with Crippen LogP contribution in [-0.2, 0) is 14.3 Å². The van der Waals surface area contributed by atoms with Crippen LogP contribution in [0.3, 0.4) is 0 Å². The molecule has 4 aliphatic heterocycles. The molecule has 2 aromatic carbocycles. The van der Waals surface area contributed by atoms with Crippen LogP contribution in [-0.4, -0.2) is 53.8 Å². The fourth-order valence-corrected chi connectivity index (χ4v) is 6.10. The summed E-state index contributed by atoms with van der Waals surface area (Å²) in [5.74, 6) is -1.81. The summed E-state index contributed by atoms with van der Waals surface area (Å²) >= 11 is 0. The number of carbonyl (C=O) groups is 3. The van der Waals surface area contributed by atoms with E-state index >= 15 is 0 Å². The molecule has 0 saturated carbocycles. The summed E-state index contributed by atoms with van der Waals surface area (Å²) in [7, 11) is 0. The number of imide groups is 1. The monoisotopic (exact) mass is 442 g/mol. The van der Waals surface area contributed by atoms with Crippen LogP contribution in [0.4, 0.5) is 5.69 Å². The average molecular weight is 443 g/mol. The van der Waals surface area contributed by atoms with Crippen LogP contribution >= 0.6 is 0 Å². The van der Waals surface area contributed by atoms with Crippen LogP contribution < -0.4 is 4.90 Å². The third-order valence-corrected chi connectivity index (χ3v) is 7.58. The van der Waals surface area contributed by atoms with Gasteiger partial charge in [-0.1, -0.05) is 54.6 Å². The standard InChI is InChI=1S/C27H26N2O4/c1-16-14-21-22-23(27(32)28(26(22)31)15-18-10-7-13-33-18)24(25(30)17-8-3-2-4-9-17)29(21)20-12-6-5-11-19(16)20/h2-6,8-9,11-12,14,18,21-24H,7,10,13,15H2,1H3/t18-,21+,22+,23-,24+/m1/s1. The average Bonchev–Trinajstić information content (AvgIpc) is 3.53. The van der Waals surface area contributed by atoms with E-state index in [1.54, 1.807) is 12.1 Å². The highest BCUT2D eigenvalue weighted by molar-refractivity contribution is 6.14. The Morgan fingerprint density at radius 3 is 2.48 bits per heavy atom. The largest absolute Gasteiger partial charge is 0.376 e. The van der Waals surface area contributed by atoms with Crippen molar-refractivity contribution in [2.45, 2.75) is 38.0 Å². The third-order valence-electron chi connectivity index (χ3n) is 7.58. The van der Waals surface area contributed by atoms with Gasteiger partial charge in [-0.3, -0.25) is 19.3 Å². The molecule has 5 atom stereocenters. The molecule has 2 amide bonds. The highest BCUT2D eigenvalue weighted by Gasteiger charge is 2.64. The van der Waals surface area contributed by atoms with Gasteiger partial charge in [0.05, 0.1) is 30.5 Å². The summed E-state index contributed by atoms with van der Waals surface area (Å²) in [5, 5.41) is 0. The van der Waals surface area contributed by atoms with Gasteiger partial charge in [0.2, 0.25) is 11.8 Å². The quantitative estimate of drug-likeness (QED) is 0.537. The Hall–Kier alpha value is -3.25. The van der Waals surface area contributed by atoms with Crippen molar-refractivity contribution in [3.63, 3.8) is 0 Å². The molecule has 0 radical (unpaired) electrons. The molecular weight excluding hydrogens is 416 g/mol. The zero-order valence-corrected chi connectivity index (χ0v) is 18.5. The summed E-state index contributed by atoms with van der Waals surface area (Å²) in [6.07, 6.45) is 3.75. The number of para-hydroxylation sites is 1. The molecule has 0 aliphatic carbocycles. The zero-order chi connectivity index (χ0) is 22.7. The molecule has 0 spiro atoms. The molecule has 3 saturated heterocycles. The van der Waals surface area contributed by atoms with Gasteiger partial charge < -0.3 is 9.64 Å². The number of Topliss-reactive ketones (excluding diaryl/α,β-unsaturated/α-hetero) is 1. The van der Waals surface area contributed by atoms with Crippen LogP contribution in [0.1, 0.15) is 35.7 Å². The molecule has 33 heavy (non-hydrogen) atoms. The minimum atomic E-state index is -0.723. The molecule has 0 bridgehead atoms. The van der Waals surface area contributed by atoms with Crippen molar-refractivity contribution < 1.29 is 19.1 Å². The number of carbonyl (C=O) groups excluding carboxylic acids is 3. The first-order valence-electron chi connectivity index (χ1n) is 11.7. The normalized spacial score (nSPS) is 30.2. The summed E-state index contributed by atoms with van der Waals surface area (Å²) < 4.78 is 5.71. The number of amides is 2. The lowest BCUT2D eigenvalue weighted by atomic mass is 9.85. The molecule has 0 aromatic heterocycles. The number of fused-ring (bicyclic) bond motifs is 5.